The molecule has 0 fully saturated rings. The first-order valence-electron chi connectivity index (χ1n) is 15.5. The Morgan fingerprint density at radius 2 is 1.10 bits per heavy atom. The summed E-state index contributed by atoms with van der Waals surface area (Å²) < 4.78 is 47.6. The van der Waals surface area contributed by atoms with E-state index in [-0.39, 0.29) is 29.7 Å². The van der Waals surface area contributed by atoms with Crippen molar-refractivity contribution in [1.82, 2.24) is 0 Å². The Labute approximate surface area is 232 Å². The molecule has 0 atom stereocenters. The molecule has 1 nitrogen and oxygen atoms in total. The van der Waals surface area contributed by atoms with Crippen LogP contribution in [0.2, 0.25) is 0 Å². The van der Waals surface area contributed by atoms with Gasteiger partial charge in [0.1, 0.15) is 11.5 Å². The number of hydrogen-bond donors (Lipinski definition) is 0. The lowest BCUT2D eigenvalue weighted by Gasteiger charge is -2.23. The van der Waals surface area contributed by atoms with Gasteiger partial charge >= 0.3 is 0 Å². The lowest BCUT2D eigenvalue weighted by Crippen LogP contribution is -1.98. The monoisotopic (exact) mass is 499 g/mol. The van der Waals surface area contributed by atoms with E-state index in [0.29, 0.717) is 11.3 Å². The van der Waals surface area contributed by atoms with Crippen molar-refractivity contribution in [2.24, 2.45) is 0 Å². The predicted octanol–water partition coefficient (Wildman–Crippen LogP) is 10.8. The fraction of sp³-hybridized carbons (Fsp3) is 0. The van der Waals surface area contributed by atoms with Crippen LogP contribution in [0.25, 0.3) is 76.5 Å². The highest BCUT2D eigenvalue weighted by Gasteiger charge is 2.23. The molecule has 1 aliphatic rings. The van der Waals surface area contributed by atoms with E-state index in [4.69, 9.17) is 11.6 Å². The lowest BCUT2D eigenvalue weighted by atomic mass is 9.86. The first-order valence-corrected chi connectivity index (χ1v) is 13.0. The summed E-state index contributed by atoms with van der Waals surface area (Å²) in [6, 6.07) is 34.1. The van der Waals surface area contributed by atoms with Gasteiger partial charge in [0.15, 0.2) is 0 Å². The van der Waals surface area contributed by atoms with Crippen LogP contribution >= 0.6 is 0 Å². The maximum Gasteiger partial charge on any atom is 0.135 e. The lowest BCUT2D eigenvalue weighted by molar-refractivity contribution is 0.487. The van der Waals surface area contributed by atoms with Crippen LogP contribution in [-0.2, 0) is 0 Å². The number of rotatable bonds is 2. The number of hydrogen-bond acceptors (Lipinski definition) is 1. The molecule has 1 heterocycles. The SMILES string of the molecule is [2H]c1c([2H])c([2H])c(-c2ccc3c(c2)Oc2ccc(-c4ccc5ccc6cccc7ccc4c5c67)c4cccc-3c24)c([2H])c1[2H]. The number of fused-ring (bicyclic) bond motifs is 2. The number of ether oxygens (including phenoxy) is 1. The molecule has 0 N–H and O–H groups in total. The molecule has 8 aromatic carbocycles. The van der Waals surface area contributed by atoms with Gasteiger partial charge in [-0.25, -0.2) is 0 Å². The molecule has 0 aliphatic carbocycles. The Balaban J connectivity index is 1.25. The van der Waals surface area contributed by atoms with Gasteiger partial charge in [-0.3, -0.25) is 0 Å². The summed E-state index contributed by atoms with van der Waals surface area (Å²) in [6.07, 6.45) is 0. The van der Waals surface area contributed by atoms with Crippen molar-refractivity contribution in [2.75, 3.05) is 0 Å². The average Bonchev–Trinajstić information content (AvgIpc) is 3.06. The van der Waals surface area contributed by atoms with Gasteiger partial charge < -0.3 is 4.74 Å². The van der Waals surface area contributed by atoms with E-state index >= 15 is 0 Å². The molecule has 9 rings (SSSR count). The van der Waals surface area contributed by atoms with Crippen LogP contribution in [0.5, 0.6) is 11.5 Å². The van der Waals surface area contributed by atoms with Crippen LogP contribution in [0.3, 0.4) is 0 Å². The van der Waals surface area contributed by atoms with Crippen molar-refractivity contribution in [3.63, 3.8) is 0 Å². The molecule has 8 aromatic rings. The first kappa shape index (κ1) is 16.7. The molecular formula is C38H22O. The minimum atomic E-state index is -0.404. The largest absolute Gasteiger partial charge is 0.456 e. The maximum absolute atomic E-state index is 8.44. The highest BCUT2D eigenvalue weighted by molar-refractivity contribution is 6.26. The van der Waals surface area contributed by atoms with Crippen molar-refractivity contribution in [3.8, 4) is 44.9 Å². The summed E-state index contributed by atoms with van der Waals surface area (Å²) in [5.74, 6) is 1.31. The average molecular weight is 500 g/mol. The van der Waals surface area contributed by atoms with Crippen molar-refractivity contribution in [2.45, 2.75) is 0 Å². The van der Waals surface area contributed by atoms with E-state index in [9.17, 15) is 0 Å². The third-order valence-corrected chi connectivity index (χ3v) is 8.10. The smallest absolute Gasteiger partial charge is 0.135 e. The normalized spacial score (nSPS) is 14.1. The molecule has 0 radical (unpaired) electrons. The zero-order valence-electron chi connectivity index (χ0n) is 25.7. The third-order valence-electron chi connectivity index (χ3n) is 8.10. The van der Waals surface area contributed by atoms with E-state index in [2.05, 4.69) is 78.9 Å². The fourth-order valence-corrected chi connectivity index (χ4v) is 6.39. The topological polar surface area (TPSA) is 9.23 Å². The summed E-state index contributed by atoms with van der Waals surface area (Å²) >= 11 is 0. The second kappa shape index (κ2) is 7.69. The van der Waals surface area contributed by atoms with Crippen LogP contribution in [0, 0.1) is 0 Å². The minimum absolute atomic E-state index is 0.163. The van der Waals surface area contributed by atoms with Gasteiger partial charge in [0.2, 0.25) is 0 Å². The first-order chi connectivity index (χ1) is 21.4. The molecule has 0 spiro atoms. The van der Waals surface area contributed by atoms with Crippen molar-refractivity contribution >= 4 is 43.1 Å². The summed E-state index contributed by atoms with van der Waals surface area (Å²) in [5, 5.41) is 9.61. The van der Waals surface area contributed by atoms with Gasteiger partial charge in [-0.05, 0) is 83.7 Å². The van der Waals surface area contributed by atoms with Crippen LogP contribution < -0.4 is 4.74 Å². The molecule has 0 aromatic heterocycles. The van der Waals surface area contributed by atoms with E-state index < -0.39 is 6.04 Å². The Bertz CT molecular complexity index is 2490. The van der Waals surface area contributed by atoms with Gasteiger partial charge in [0.05, 0.1) is 6.85 Å². The second-order valence-corrected chi connectivity index (χ2v) is 10.1. The van der Waals surface area contributed by atoms with E-state index in [1.165, 1.54) is 37.9 Å². The van der Waals surface area contributed by atoms with Crippen LogP contribution in [-0.4, -0.2) is 0 Å². The summed E-state index contributed by atoms with van der Waals surface area (Å²) in [7, 11) is 0. The predicted molar refractivity (Wildman–Crippen MR) is 164 cm³/mol. The molecule has 0 saturated carbocycles. The van der Waals surface area contributed by atoms with E-state index in [0.717, 1.165) is 33.2 Å². The quantitative estimate of drug-likeness (QED) is 0.215. The van der Waals surface area contributed by atoms with Crippen molar-refractivity contribution in [1.29, 1.82) is 0 Å². The van der Waals surface area contributed by atoms with Crippen molar-refractivity contribution in [3.05, 3.63) is 133 Å². The molecule has 1 aliphatic heterocycles. The highest BCUT2D eigenvalue weighted by Crippen LogP contribution is 2.50. The summed E-state index contributed by atoms with van der Waals surface area (Å²) in [4.78, 5) is 0. The second-order valence-electron chi connectivity index (χ2n) is 10.1. The Kier molecular flexibility index (Phi) is 3.28. The zero-order valence-corrected chi connectivity index (χ0v) is 20.7. The zero-order chi connectivity index (χ0) is 29.9. The van der Waals surface area contributed by atoms with E-state index in [1.54, 1.807) is 6.07 Å². The number of benzene rings is 8. The van der Waals surface area contributed by atoms with E-state index in [1.807, 2.05) is 18.2 Å². The molecular weight excluding hydrogens is 472 g/mol. The maximum atomic E-state index is 8.44. The third kappa shape index (κ3) is 2.90. The van der Waals surface area contributed by atoms with Crippen LogP contribution in [0.4, 0.5) is 0 Å². The van der Waals surface area contributed by atoms with Gasteiger partial charge in [-0.2, -0.15) is 0 Å². The molecule has 0 amide bonds. The summed E-state index contributed by atoms with van der Waals surface area (Å²) in [6.45, 7) is 0. The fourth-order valence-electron chi connectivity index (χ4n) is 6.39. The van der Waals surface area contributed by atoms with Gasteiger partial charge in [-0.15, -0.1) is 0 Å². The van der Waals surface area contributed by atoms with Crippen LogP contribution in [0.1, 0.15) is 6.85 Å². The van der Waals surface area contributed by atoms with Gasteiger partial charge in [0, 0.05) is 10.9 Å². The van der Waals surface area contributed by atoms with Crippen molar-refractivity contribution < 1.29 is 11.6 Å². The van der Waals surface area contributed by atoms with Gasteiger partial charge in [-0.1, -0.05) is 115 Å². The minimum Gasteiger partial charge on any atom is -0.456 e. The Morgan fingerprint density at radius 3 is 1.95 bits per heavy atom. The summed E-state index contributed by atoms with van der Waals surface area (Å²) in [5.41, 5.74) is 4.91. The van der Waals surface area contributed by atoms with Crippen LogP contribution in [0.15, 0.2) is 133 Å². The molecule has 1 heteroatoms. The molecule has 0 bridgehead atoms. The Morgan fingerprint density at radius 1 is 0.436 bits per heavy atom. The molecule has 39 heavy (non-hydrogen) atoms. The van der Waals surface area contributed by atoms with Gasteiger partial charge in [0.25, 0.3) is 0 Å². The Hall–Kier alpha value is -5.14. The highest BCUT2D eigenvalue weighted by atomic mass is 16.5. The standard InChI is InChI=1S/C38H22O/c1-2-6-23(7-3-1)27-16-18-30-32-11-5-10-31-29(20-21-34(38(31)32)39-35(30)22-27)28-17-14-26-13-12-24-8-4-9-25-15-19-33(28)37(26)36(24)25/h1-22H/i1D,2D,3D,6D,7D. The molecule has 0 saturated heterocycles. The molecule has 0 unspecified atom stereocenters. The molecule has 180 valence electrons.